The lowest BCUT2D eigenvalue weighted by molar-refractivity contribution is 0.352. The summed E-state index contributed by atoms with van der Waals surface area (Å²) >= 11 is 14.7. The average molecular weight is 1790 g/mol. The van der Waals surface area contributed by atoms with Crippen LogP contribution in [0.15, 0.2) is 346 Å². The molecule has 2 aliphatic rings. The van der Waals surface area contributed by atoms with E-state index in [0.717, 1.165) is 122 Å². The third-order valence-corrected chi connectivity index (χ3v) is 29.9. The fourth-order valence-electron chi connectivity index (χ4n) is 21.3. The fourth-order valence-corrected chi connectivity index (χ4v) is 21.9. The van der Waals surface area contributed by atoms with Gasteiger partial charge in [0.15, 0.2) is 0 Å². The van der Waals surface area contributed by atoms with Crippen LogP contribution in [0.5, 0.6) is 0 Å². The summed E-state index contributed by atoms with van der Waals surface area (Å²) in [6, 6.07) is 120. The van der Waals surface area contributed by atoms with Gasteiger partial charge in [-0.2, -0.15) is 0 Å². The molecule has 2 aliphatic carbocycles. The minimum absolute atomic E-state index is 0.0191. The first-order valence-corrected chi connectivity index (χ1v) is 49.3. The lowest BCUT2D eigenvalue weighted by Gasteiger charge is -2.38. The molecule has 6 atom stereocenters. The van der Waals surface area contributed by atoms with Gasteiger partial charge >= 0.3 is 0 Å². The lowest BCUT2D eigenvalue weighted by Crippen LogP contribution is -2.22. The summed E-state index contributed by atoms with van der Waals surface area (Å²) in [5.41, 5.74) is 39.1. The monoisotopic (exact) mass is 1790 g/mol. The Kier molecular flexibility index (Phi) is 25.9. The Morgan fingerprint density at radius 3 is 0.828 bits per heavy atom. The van der Waals surface area contributed by atoms with Gasteiger partial charge in [-0.15, -0.1) is 0 Å². The van der Waals surface area contributed by atoms with Crippen LogP contribution < -0.4 is 0 Å². The Balaban J connectivity index is 0.640. The summed E-state index contributed by atoms with van der Waals surface area (Å²) < 4.78 is 0. The van der Waals surface area contributed by atoms with Gasteiger partial charge in [-0.05, 0) is 289 Å². The van der Waals surface area contributed by atoms with Crippen molar-refractivity contribution in [2.45, 2.75) is 231 Å². The van der Waals surface area contributed by atoms with Gasteiger partial charge < -0.3 is 0 Å². The van der Waals surface area contributed by atoms with Crippen molar-refractivity contribution in [2.75, 3.05) is 0 Å². The standard InChI is InChI=1S/C128H128Cl2N4/c1-123(2,3)97-53-57-103(109(71-97)85-45-49-89(50-46-85)119-75-101(61-63-131-119)127(13,14)15)91-65-92(68-95(67-91)107-37-27-29-39-117(107)129)104-58-54-98(124(4,5)6)72-110(104)86-47-51-90(52-48-86)120-76-102(62-64-132-120)128(16,17)79-82-41-43-88(44-42-82)122-78-112(84-33-23-19-24-34-84)116(81-134-122)114-74-100(126(10,11)12)56-60-106(114)94-66-93(69-96(70-94)108-38-28-30-40-118(108)130)105-59-55-99(125(7,8)9)73-113(105)115-80-133-121(87-35-25-20-26-36-87)77-111(115)83-31-21-18-22-32-83/h18-64,71-78,80-81,91-96H,65-70,79H2,1-17H3. The zero-order chi connectivity index (χ0) is 93.8. The van der Waals surface area contributed by atoms with E-state index in [2.05, 4.69) is 452 Å². The molecule has 12 aromatic carbocycles. The lowest BCUT2D eigenvalue weighted by atomic mass is 9.66. The van der Waals surface area contributed by atoms with Crippen LogP contribution in [-0.2, 0) is 38.9 Å². The molecule has 0 aliphatic heterocycles. The molecule has 18 rings (SSSR count). The Hall–Kier alpha value is -12.2. The van der Waals surface area contributed by atoms with Crippen molar-refractivity contribution in [2.24, 2.45) is 0 Å². The van der Waals surface area contributed by atoms with E-state index in [4.69, 9.17) is 43.1 Å². The summed E-state index contributed by atoms with van der Waals surface area (Å²) in [6.45, 7) is 39.5. The van der Waals surface area contributed by atoms with Crippen molar-refractivity contribution in [3.63, 3.8) is 0 Å². The molecule has 0 amide bonds. The molecule has 6 unspecified atom stereocenters. The molecule has 0 radical (unpaired) electrons. The molecule has 6 heteroatoms. The van der Waals surface area contributed by atoms with E-state index in [1.165, 1.54) is 117 Å². The van der Waals surface area contributed by atoms with Crippen LogP contribution in [0.1, 0.15) is 264 Å². The Labute approximate surface area is 808 Å². The summed E-state index contributed by atoms with van der Waals surface area (Å²) in [7, 11) is 0. The third kappa shape index (κ3) is 20.0. The van der Waals surface area contributed by atoms with Crippen LogP contribution in [0.3, 0.4) is 0 Å². The number of pyridine rings is 4. The molecule has 674 valence electrons. The van der Waals surface area contributed by atoms with E-state index in [0.29, 0.717) is 0 Å². The third-order valence-electron chi connectivity index (χ3n) is 29.2. The predicted octanol–water partition coefficient (Wildman–Crippen LogP) is 35.9. The van der Waals surface area contributed by atoms with Crippen molar-refractivity contribution in [3.05, 3.63) is 429 Å². The zero-order valence-electron chi connectivity index (χ0n) is 81.4. The van der Waals surface area contributed by atoms with Crippen LogP contribution in [0.2, 0.25) is 10.0 Å². The minimum atomic E-state index is -0.235. The first-order chi connectivity index (χ1) is 64.1. The highest BCUT2D eigenvalue weighted by Gasteiger charge is 2.39. The molecule has 134 heavy (non-hydrogen) atoms. The summed E-state index contributed by atoms with van der Waals surface area (Å²) in [4.78, 5) is 20.8. The highest BCUT2D eigenvalue weighted by atomic mass is 35.5. The number of hydrogen-bond acceptors (Lipinski definition) is 4. The highest BCUT2D eigenvalue weighted by Crippen LogP contribution is 2.57. The van der Waals surface area contributed by atoms with Gasteiger partial charge in [-0.3, -0.25) is 19.9 Å². The largest absolute Gasteiger partial charge is 0.256 e. The van der Waals surface area contributed by atoms with E-state index >= 15 is 0 Å². The molecule has 16 aromatic rings. The molecule has 4 nitrogen and oxygen atoms in total. The maximum absolute atomic E-state index is 7.42. The van der Waals surface area contributed by atoms with Crippen LogP contribution in [-0.4, -0.2) is 19.9 Å². The SMILES string of the molecule is CC(C)(C)c1ccnc(-c2ccc(-c3cc(C(C)(C)C)ccc3C3CC(c4ccccc4Cl)CC(c4ccc(C(C)(C)C)cc4-c4ccc(-c5cc(C(C)(C)Cc6ccc(-c7cc(-c8ccccc8)c(-c8cc(C(C)(C)C)ccc8C8CC(c9ccccc9Cl)CC(c9ccc(C(C)(C)C)cc9-c9cnc(-c%10ccccc%10)cc9-c9ccccc9)C8)cn7)cc6)ccn5)cc4)C3)cc2)c1. The first kappa shape index (κ1) is 92.3. The predicted molar refractivity (Wildman–Crippen MR) is 569 cm³/mol. The number of rotatable bonds is 19. The molecule has 2 fully saturated rings. The maximum Gasteiger partial charge on any atom is 0.0708 e. The van der Waals surface area contributed by atoms with E-state index in [1.807, 2.05) is 12.4 Å². The first-order valence-electron chi connectivity index (χ1n) is 48.6. The van der Waals surface area contributed by atoms with Gasteiger partial charge in [0.05, 0.1) is 22.8 Å². The van der Waals surface area contributed by atoms with E-state index < -0.39 is 0 Å². The van der Waals surface area contributed by atoms with Crippen molar-refractivity contribution < 1.29 is 0 Å². The summed E-state index contributed by atoms with van der Waals surface area (Å²) in [5.74, 6) is 1.22. The molecular weight excluding hydrogens is 1660 g/mol. The summed E-state index contributed by atoms with van der Waals surface area (Å²) in [5, 5.41) is 1.67. The second-order valence-corrected chi connectivity index (χ2v) is 45.0. The Bertz CT molecular complexity index is 6910. The van der Waals surface area contributed by atoms with Crippen LogP contribution in [0.4, 0.5) is 0 Å². The van der Waals surface area contributed by atoms with Crippen LogP contribution >= 0.6 is 23.2 Å². The van der Waals surface area contributed by atoms with E-state index in [1.54, 1.807) is 0 Å². The van der Waals surface area contributed by atoms with Gasteiger partial charge in [0.25, 0.3) is 0 Å². The fraction of sp³-hybridized carbons (Fsp3) is 0.281. The molecule has 2 saturated carbocycles. The van der Waals surface area contributed by atoms with E-state index in [9.17, 15) is 0 Å². The van der Waals surface area contributed by atoms with Gasteiger partial charge in [0.1, 0.15) is 0 Å². The van der Waals surface area contributed by atoms with Gasteiger partial charge in [-0.1, -0.05) is 414 Å². The van der Waals surface area contributed by atoms with Crippen molar-refractivity contribution in [1.82, 2.24) is 19.9 Å². The number of hydrogen-bond donors (Lipinski definition) is 0. The quantitative estimate of drug-likeness (QED) is 0.0810. The number of nitrogens with zero attached hydrogens (tertiary/aromatic N) is 4. The van der Waals surface area contributed by atoms with Crippen molar-refractivity contribution >= 4 is 23.2 Å². The second-order valence-electron chi connectivity index (χ2n) is 44.2. The Morgan fingerprint density at radius 1 is 0.216 bits per heavy atom. The molecule has 0 bridgehead atoms. The second kappa shape index (κ2) is 37.6. The van der Waals surface area contributed by atoms with Gasteiger partial charge in [0, 0.05) is 68.2 Å². The molecular formula is C128H128Cl2N4. The average Bonchev–Trinajstić information content (AvgIpc) is 0.755. The topological polar surface area (TPSA) is 51.6 Å². The number of benzene rings is 12. The number of aromatic nitrogens is 4. The van der Waals surface area contributed by atoms with Crippen LogP contribution in [0, 0.1) is 0 Å². The summed E-state index contributed by atoms with van der Waals surface area (Å²) in [6.07, 6.45) is 15.0. The normalized spacial score (nSPS) is 16.9. The zero-order valence-corrected chi connectivity index (χ0v) is 82.9. The molecule has 4 aromatic heterocycles. The maximum atomic E-state index is 7.42. The Morgan fingerprint density at radius 2 is 0.478 bits per heavy atom. The molecule has 0 N–H and O–H groups in total. The molecule has 4 heterocycles. The molecule has 0 spiro atoms. The smallest absolute Gasteiger partial charge is 0.0708 e. The highest BCUT2D eigenvalue weighted by molar-refractivity contribution is 6.31. The van der Waals surface area contributed by atoms with E-state index in [-0.39, 0.29) is 68.0 Å². The van der Waals surface area contributed by atoms with Crippen LogP contribution in [0.25, 0.3) is 112 Å². The van der Waals surface area contributed by atoms with Crippen molar-refractivity contribution in [1.29, 1.82) is 0 Å². The van der Waals surface area contributed by atoms with Gasteiger partial charge in [0.2, 0.25) is 0 Å². The van der Waals surface area contributed by atoms with Gasteiger partial charge in [-0.25, -0.2) is 0 Å². The van der Waals surface area contributed by atoms with Crippen molar-refractivity contribution in [3.8, 4) is 112 Å². The molecule has 0 saturated heterocycles. The number of halogens is 2. The minimum Gasteiger partial charge on any atom is -0.256 e.